The number of furan rings is 1. The Morgan fingerprint density at radius 3 is 2.38 bits per heavy atom. The molecule has 0 saturated carbocycles. The maximum absolute atomic E-state index is 12.7. The Morgan fingerprint density at radius 2 is 1.83 bits per heavy atom. The predicted molar refractivity (Wildman–Crippen MR) is 110 cm³/mol. The van der Waals surface area contributed by atoms with E-state index < -0.39 is 15.9 Å². The van der Waals surface area contributed by atoms with Crippen molar-refractivity contribution in [2.45, 2.75) is 11.6 Å². The van der Waals surface area contributed by atoms with Crippen LogP contribution in [0.3, 0.4) is 0 Å². The number of rotatable bonds is 6. The van der Waals surface area contributed by atoms with Gasteiger partial charge in [-0.1, -0.05) is 12.1 Å². The molecule has 0 aliphatic carbocycles. The number of thiocarbonyl (C=S) groups is 1. The largest absolute Gasteiger partial charge is 0.497 e. The molecule has 0 unspecified atom stereocenters. The third-order valence-electron chi connectivity index (χ3n) is 4.55. The van der Waals surface area contributed by atoms with E-state index in [-0.39, 0.29) is 23.9 Å². The van der Waals surface area contributed by atoms with E-state index >= 15 is 0 Å². The van der Waals surface area contributed by atoms with Crippen molar-refractivity contribution in [3.8, 4) is 5.75 Å². The lowest BCUT2D eigenvalue weighted by molar-refractivity contribution is 0.0968. The number of primary amides is 1. The number of hydrogen-bond acceptors (Lipinski definition) is 6. The molecule has 11 heteroatoms. The monoisotopic (exact) mass is 438 g/mol. The maximum Gasteiger partial charge on any atom is 0.284 e. The zero-order valence-electron chi connectivity index (χ0n) is 15.8. The van der Waals surface area contributed by atoms with Crippen molar-refractivity contribution in [1.29, 1.82) is 0 Å². The van der Waals surface area contributed by atoms with E-state index in [1.807, 2.05) is 29.2 Å². The van der Waals surface area contributed by atoms with Gasteiger partial charge < -0.3 is 25.1 Å². The molecule has 9 nitrogen and oxygen atoms in total. The van der Waals surface area contributed by atoms with E-state index in [1.54, 1.807) is 7.11 Å². The van der Waals surface area contributed by atoms with Crippen LogP contribution in [-0.4, -0.2) is 61.9 Å². The van der Waals surface area contributed by atoms with Crippen LogP contribution in [0.15, 0.2) is 45.9 Å². The van der Waals surface area contributed by atoms with Crippen LogP contribution in [-0.2, 0) is 16.6 Å². The second kappa shape index (κ2) is 8.80. The van der Waals surface area contributed by atoms with Crippen molar-refractivity contribution in [2.24, 2.45) is 5.73 Å². The number of nitrogens with one attached hydrogen (secondary N) is 1. The van der Waals surface area contributed by atoms with Crippen molar-refractivity contribution in [3.05, 3.63) is 47.7 Å². The Balaban J connectivity index is 1.53. The molecule has 1 aliphatic heterocycles. The quantitative estimate of drug-likeness (QED) is 0.635. The number of sulfonamides is 1. The fourth-order valence-electron chi connectivity index (χ4n) is 2.88. The summed E-state index contributed by atoms with van der Waals surface area (Å²) in [6, 6.07) is 10.1. The lowest BCUT2D eigenvalue weighted by Gasteiger charge is -2.35. The number of methoxy groups -OCH3 is 1. The molecule has 3 rings (SSSR count). The first kappa shape index (κ1) is 21.1. The van der Waals surface area contributed by atoms with Crippen LogP contribution in [0.5, 0.6) is 5.75 Å². The molecule has 0 spiro atoms. The summed E-state index contributed by atoms with van der Waals surface area (Å²) in [5.74, 6) is -0.219. The minimum absolute atomic E-state index is 0.189. The van der Waals surface area contributed by atoms with Crippen molar-refractivity contribution < 1.29 is 22.4 Å². The second-order valence-electron chi connectivity index (χ2n) is 6.38. The Kier molecular flexibility index (Phi) is 6.40. The highest BCUT2D eigenvalue weighted by molar-refractivity contribution is 7.89. The standard InChI is InChI=1S/C18H22N4O5S2/c1-26-14-4-2-13(3-5-14)12-20-18(28)21-8-10-22(11-9-21)29(24,25)16-7-6-15(27-16)17(19)23/h2-7H,8-12H2,1H3,(H2,19,23)(H,20,28). The van der Waals surface area contributed by atoms with Gasteiger partial charge in [0.15, 0.2) is 10.9 Å². The molecular weight excluding hydrogens is 416 g/mol. The van der Waals surface area contributed by atoms with E-state index in [4.69, 9.17) is 27.1 Å². The van der Waals surface area contributed by atoms with Crippen LogP contribution in [0.25, 0.3) is 0 Å². The number of ether oxygens (including phenoxy) is 1. The summed E-state index contributed by atoms with van der Waals surface area (Å²) in [5, 5.41) is 3.46. The molecule has 156 valence electrons. The van der Waals surface area contributed by atoms with E-state index in [1.165, 1.54) is 16.4 Å². The van der Waals surface area contributed by atoms with Gasteiger partial charge in [0.1, 0.15) is 5.75 Å². The molecule has 1 aliphatic rings. The molecule has 1 amide bonds. The number of amides is 1. The van der Waals surface area contributed by atoms with Gasteiger partial charge in [-0.05, 0) is 42.0 Å². The molecule has 2 heterocycles. The summed E-state index contributed by atoms with van der Waals surface area (Å²) < 4.78 is 36.8. The summed E-state index contributed by atoms with van der Waals surface area (Å²) in [6.07, 6.45) is 0. The smallest absolute Gasteiger partial charge is 0.284 e. The summed E-state index contributed by atoms with van der Waals surface area (Å²) in [5.41, 5.74) is 6.16. The predicted octanol–water partition coefficient (Wildman–Crippen LogP) is 0.768. The molecule has 29 heavy (non-hydrogen) atoms. The average molecular weight is 439 g/mol. The summed E-state index contributed by atoms with van der Waals surface area (Å²) >= 11 is 5.43. The van der Waals surface area contributed by atoms with Gasteiger partial charge in [-0.25, -0.2) is 8.42 Å². The Morgan fingerprint density at radius 1 is 1.17 bits per heavy atom. The lowest BCUT2D eigenvalue weighted by atomic mass is 10.2. The highest BCUT2D eigenvalue weighted by atomic mass is 32.2. The third-order valence-corrected chi connectivity index (χ3v) is 6.72. The van der Waals surface area contributed by atoms with Crippen molar-refractivity contribution >= 4 is 33.3 Å². The number of carbonyl (C=O) groups excluding carboxylic acids is 1. The highest BCUT2D eigenvalue weighted by Crippen LogP contribution is 2.20. The van der Waals surface area contributed by atoms with Gasteiger partial charge in [-0.15, -0.1) is 0 Å². The van der Waals surface area contributed by atoms with Crippen LogP contribution in [0, 0.1) is 0 Å². The highest BCUT2D eigenvalue weighted by Gasteiger charge is 2.32. The number of nitrogens with zero attached hydrogens (tertiary/aromatic N) is 2. The van der Waals surface area contributed by atoms with Gasteiger partial charge in [0.2, 0.25) is 5.09 Å². The minimum atomic E-state index is -3.83. The zero-order chi connectivity index (χ0) is 21.0. The first-order valence-corrected chi connectivity index (χ1v) is 10.7. The Labute approximate surface area is 174 Å². The van der Waals surface area contributed by atoms with E-state index in [2.05, 4.69) is 5.32 Å². The fraction of sp³-hybridized carbons (Fsp3) is 0.333. The van der Waals surface area contributed by atoms with Crippen LogP contribution in [0.4, 0.5) is 0 Å². The molecule has 0 radical (unpaired) electrons. The number of benzene rings is 1. The number of hydrogen-bond donors (Lipinski definition) is 2. The fourth-order valence-corrected chi connectivity index (χ4v) is 4.47. The number of piperazine rings is 1. The van der Waals surface area contributed by atoms with E-state index in [9.17, 15) is 13.2 Å². The first-order valence-electron chi connectivity index (χ1n) is 8.87. The molecule has 0 atom stereocenters. The van der Waals surface area contributed by atoms with Gasteiger partial charge in [0.05, 0.1) is 7.11 Å². The van der Waals surface area contributed by atoms with Crippen LogP contribution >= 0.6 is 12.2 Å². The lowest BCUT2D eigenvalue weighted by Crippen LogP contribution is -2.52. The molecule has 1 aromatic carbocycles. The summed E-state index contributed by atoms with van der Waals surface area (Å²) in [6.45, 7) is 1.94. The van der Waals surface area contributed by atoms with Gasteiger partial charge >= 0.3 is 0 Å². The first-order chi connectivity index (χ1) is 13.8. The normalized spacial score (nSPS) is 15.1. The third kappa shape index (κ3) is 4.86. The number of carbonyl (C=O) groups is 1. The minimum Gasteiger partial charge on any atom is -0.497 e. The molecule has 1 aromatic heterocycles. The number of nitrogens with two attached hydrogens (primary N) is 1. The van der Waals surface area contributed by atoms with Gasteiger partial charge in [0.25, 0.3) is 15.9 Å². The average Bonchev–Trinajstić information content (AvgIpc) is 3.24. The second-order valence-corrected chi connectivity index (χ2v) is 8.64. The van der Waals surface area contributed by atoms with Gasteiger partial charge in [-0.2, -0.15) is 4.31 Å². The molecule has 2 aromatic rings. The molecule has 1 saturated heterocycles. The van der Waals surface area contributed by atoms with Crippen LogP contribution < -0.4 is 15.8 Å². The van der Waals surface area contributed by atoms with Gasteiger partial charge in [-0.3, -0.25) is 4.79 Å². The Hall–Kier alpha value is -2.63. The van der Waals surface area contributed by atoms with Crippen molar-refractivity contribution in [2.75, 3.05) is 33.3 Å². The van der Waals surface area contributed by atoms with Gasteiger partial charge in [0, 0.05) is 32.7 Å². The van der Waals surface area contributed by atoms with Crippen LogP contribution in [0.1, 0.15) is 16.1 Å². The Bertz CT molecular complexity index is 980. The molecular formula is C18H22N4O5S2. The molecule has 1 fully saturated rings. The van der Waals surface area contributed by atoms with Crippen molar-refractivity contribution in [1.82, 2.24) is 14.5 Å². The molecule has 3 N–H and O–H groups in total. The van der Waals surface area contributed by atoms with E-state index in [0.717, 1.165) is 11.3 Å². The van der Waals surface area contributed by atoms with Crippen molar-refractivity contribution in [3.63, 3.8) is 0 Å². The summed E-state index contributed by atoms with van der Waals surface area (Å²) in [7, 11) is -2.21. The molecule has 0 bridgehead atoms. The zero-order valence-corrected chi connectivity index (χ0v) is 17.5. The summed E-state index contributed by atoms with van der Waals surface area (Å²) in [4.78, 5) is 13.0. The van der Waals surface area contributed by atoms with Crippen LogP contribution in [0.2, 0.25) is 0 Å². The van der Waals surface area contributed by atoms with E-state index in [0.29, 0.717) is 24.7 Å². The maximum atomic E-state index is 12.7. The SMILES string of the molecule is COc1ccc(CNC(=S)N2CCN(S(=O)(=O)c3ccc(C(N)=O)o3)CC2)cc1. The topological polar surface area (TPSA) is 118 Å².